The molecule has 0 saturated carbocycles. The van der Waals surface area contributed by atoms with Crippen molar-refractivity contribution in [3.8, 4) is 0 Å². The maximum absolute atomic E-state index is 11.7. The van der Waals surface area contributed by atoms with Crippen LogP contribution in [0.1, 0.15) is 19.5 Å². The Kier molecular flexibility index (Phi) is 5.49. The van der Waals surface area contributed by atoms with E-state index < -0.39 is 20.0 Å². The van der Waals surface area contributed by atoms with Gasteiger partial charge in [-0.3, -0.25) is 4.72 Å². The summed E-state index contributed by atoms with van der Waals surface area (Å²) in [4.78, 5) is 3.83. The molecule has 20 heavy (non-hydrogen) atoms. The van der Waals surface area contributed by atoms with Crippen LogP contribution in [0.2, 0.25) is 0 Å². The maximum Gasteiger partial charge on any atom is 0.249 e. The number of ether oxygens (including phenoxy) is 1. The minimum absolute atomic E-state index is 0.0314. The largest absolute Gasteiger partial charge is 0.378 e. The van der Waals surface area contributed by atoms with E-state index >= 15 is 0 Å². The molecular formula is C9H17N3O5S3. The van der Waals surface area contributed by atoms with Gasteiger partial charge in [-0.2, -0.15) is 0 Å². The lowest BCUT2D eigenvalue weighted by Crippen LogP contribution is -2.21. The molecule has 0 bridgehead atoms. The van der Waals surface area contributed by atoms with Crippen LogP contribution in [0.15, 0.2) is 4.21 Å². The predicted octanol–water partition coefficient (Wildman–Crippen LogP) is 0.266. The minimum atomic E-state index is -3.90. The van der Waals surface area contributed by atoms with Crippen molar-refractivity contribution < 1.29 is 21.6 Å². The first-order valence-electron chi connectivity index (χ1n) is 5.63. The zero-order valence-corrected chi connectivity index (χ0v) is 13.7. The molecule has 0 radical (unpaired) electrons. The molecule has 0 aliphatic heterocycles. The van der Waals surface area contributed by atoms with E-state index in [0.717, 1.165) is 0 Å². The molecule has 0 aliphatic carbocycles. The van der Waals surface area contributed by atoms with Crippen LogP contribution in [-0.2, 0) is 24.8 Å². The van der Waals surface area contributed by atoms with E-state index in [-0.39, 0.29) is 33.5 Å². The molecule has 1 aromatic heterocycles. The van der Waals surface area contributed by atoms with Gasteiger partial charge in [-0.05, 0) is 20.8 Å². The van der Waals surface area contributed by atoms with Gasteiger partial charge in [0.15, 0.2) is 9.34 Å². The molecule has 11 heteroatoms. The lowest BCUT2D eigenvalue weighted by Gasteiger charge is -2.08. The zero-order valence-electron chi connectivity index (χ0n) is 11.3. The summed E-state index contributed by atoms with van der Waals surface area (Å²) in [6.07, 6.45) is -0.0682. The summed E-state index contributed by atoms with van der Waals surface area (Å²) in [5.74, 6) is -0.242. The monoisotopic (exact) mass is 343 g/mol. The molecule has 3 N–H and O–H groups in total. The first kappa shape index (κ1) is 17.3. The Morgan fingerprint density at radius 1 is 1.35 bits per heavy atom. The van der Waals surface area contributed by atoms with Crippen LogP contribution >= 0.6 is 11.3 Å². The quantitative estimate of drug-likeness (QED) is 0.731. The summed E-state index contributed by atoms with van der Waals surface area (Å²) in [6, 6.07) is 0. The Bertz CT molecular complexity index is 663. The molecule has 0 aromatic carbocycles. The summed E-state index contributed by atoms with van der Waals surface area (Å²) < 4.78 is 53.1. The van der Waals surface area contributed by atoms with Crippen LogP contribution in [-0.4, -0.2) is 40.3 Å². The lowest BCUT2D eigenvalue weighted by molar-refractivity contribution is 0.0913. The number of nitrogens with one attached hydrogen (secondary N) is 1. The normalized spacial score (nSPS) is 12.8. The molecule has 1 heterocycles. The predicted molar refractivity (Wildman–Crippen MR) is 76.7 cm³/mol. The fourth-order valence-corrected chi connectivity index (χ4v) is 4.25. The number of thiazole rings is 1. The Labute approximate surface area is 122 Å². The topological polar surface area (TPSA) is 128 Å². The van der Waals surface area contributed by atoms with Crippen LogP contribution in [0.5, 0.6) is 0 Å². The van der Waals surface area contributed by atoms with E-state index in [1.807, 2.05) is 0 Å². The number of rotatable bonds is 7. The Hall–Kier alpha value is -0.750. The van der Waals surface area contributed by atoms with E-state index in [0.29, 0.717) is 11.3 Å². The second kappa shape index (κ2) is 6.35. The van der Waals surface area contributed by atoms with E-state index in [1.54, 1.807) is 13.8 Å². The fourth-order valence-electron chi connectivity index (χ4n) is 1.27. The van der Waals surface area contributed by atoms with Crippen molar-refractivity contribution in [2.24, 2.45) is 5.14 Å². The molecule has 0 atom stereocenters. The molecule has 8 nitrogen and oxygen atoms in total. The van der Waals surface area contributed by atoms with E-state index in [2.05, 4.69) is 9.71 Å². The van der Waals surface area contributed by atoms with Crippen LogP contribution in [0.3, 0.4) is 0 Å². The number of aromatic nitrogens is 1. The van der Waals surface area contributed by atoms with Gasteiger partial charge in [-0.25, -0.2) is 27.0 Å². The van der Waals surface area contributed by atoms with Gasteiger partial charge in [0, 0.05) is 0 Å². The Morgan fingerprint density at radius 2 is 1.95 bits per heavy atom. The highest BCUT2D eigenvalue weighted by Gasteiger charge is 2.20. The maximum atomic E-state index is 11.7. The first-order chi connectivity index (χ1) is 9.01. The second-order valence-electron chi connectivity index (χ2n) is 4.28. The van der Waals surface area contributed by atoms with Crippen molar-refractivity contribution in [2.75, 3.05) is 17.1 Å². The van der Waals surface area contributed by atoms with Crippen molar-refractivity contribution in [1.29, 1.82) is 0 Å². The SMILES string of the molecule is Cc1nc(NS(=O)(=O)CCOC(C)C)sc1S(N)(=O)=O. The van der Waals surface area contributed by atoms with E-state index in [4.69, 9.17) is 9.88 Å². The van der Waals surface area contributed by atoms with Gasteiger partial charge in [0.2, 0.25) is 20.0 Å². The van der Waals surface area contributed by atoms with Crippen LogP contribution < -0.4 is 9.86 Å². The molecule has 116 valence electrons. The van der Waals surface area contributed by atoms with Crippen molar-refractivity contribution in [3.63, 3.8) is 0 Å². The molecule has 0 spiro atoms. The van der Waals surface area contributed by atoms with Crippen molar-refractivity contribution in [3.05, 3.63) is 5.69 Å². The molecule has 1 aromatic rings. The molecule has 0 unspecified atom stereocenters. The molecule has 0 aliphatic rings. The van der Waals surface area contributed by atoms with Crippen molar-refractivity contribution >= 4 is 36.5 Å². The number of hydrogen-bond acceptors (Lipinski definition) is 7. The van der Waals surface area contributed by atoms with Crippen molar-refractivity contribution in [2.45, 2.75) is 31.1 Å². The molecular weight excluding hydrogens is 326 g/mol. The highest BCUT2D eigenvalue weighted by atomic mass is 32.2. The van der Waals surface area contributed by atoms with Gasteiger partial charge in [0.1, 0.15) is 0 Å². The fraction of sp³-hybridized carbons (Fsp3) is 0.667. The number of anilines is 1. The summed E-state index contributed by atoms with van der Waals surface area (Å²) in [5, 5.41) is 4.96. The second-order valence-corrected chi connectivity index (χ2v) is 8.87. The van der Waals surface area contributed by atoms with Crippen LogP contribution in [0.4, 0.5) is 5.13 Å². The van der Waals surface area contributed by atoms with Gasteiger partial charge in [0.05, 0.1) is 24.2 Å². The minimum Gasteiger partial charge on any atom is -0.378 e. The van der Waals surface area contributed by atoms with E-state index in [9.17, 15) is 16.8 Å². The Balaban J connectivity index is 2.79. The first-order valence-corrected chi connectivity index (χ1v) is 9.65. The standard InChI is InChI=1S/C9H17N3O5S3/c1-6(2)17-4-5-19(13,14)12-9-11-7(3)8(18-9)20(10,15)16/h6H,4-5H2,1-3H3,(H,11,12)(H2,10,15,16). The number of primary sulfonamides is 1. The van der Waals surface area contributed by atoms with Crippen LogP contribution in [0.25, 0.3) is 0 Å². The average Bonchev–Trinajstić information content (AvgIpc) is 2.56. The zero-order chi connectivity index (χ0) is 15.6. The Morgan fingerprint density at radius 3 is 2.40 bits per heavy atom. The van der Waals surface area contributed by atoms with Gasteiger partial charge in [-0.1, -0.05) is 11.3 Å². The summed E-state index contributed by atoms with van der Waals surface area (Å²) in [5.41, 5.74) is 0.161. The third kappa shape index (κ3) is 5.32. The number of sulfonamides is 2. The number of hydrogen-bond donors (Lipinski definition) is 2. The number of nitrogens with zero attached hydrogens (tertiary/aromatic N) is 1. The molecule has 0 saturated heterocycles. The van der Waals surface area contributed by atoms with E-state index in [1.165, 1.54) is 6.92 Å². The molecule has 1 rings (SSSR count). The van der Waals surface area contributed by atoms with Gasteiger partial charge < -0.3 is 4.74 Å². The van der Waals surface area contributed by atoms with Crippen LogP contribution in [0, 0.1) is 6.92 Å². The highest BCUT2D eigenvalue weighted by Crippen LogP contribution is 2.26. The lowest BCUT2D eigenvalue weighted by atomic mass is 10.5. The molecule has 0 fully saturated rings. The summed E-state index contributed by atoms with van der Waals surface area (Å²) >= 11 is 0.678. The summed E-state index contributed by atoms with van der Waals surface area (Å²) in [7, 11) is -7.54. The average molecular weight is 343 g/mol. The molecule has 0 amide bonds. The highest BCUT2D eigenvalue weighted by molar-refractivity contribution is 7.93. The van der Waals surface area contributed by atoms with Gasteiger partial charge >= 0.3 is 0 Å². The number of aryl methyl sites for hydroxylation is 1. The smallest absolute Gasteiger partial charge is 0.249 e. The van der Waals surface area contributed by atoms with Gasteiger partial charge in [-0.15, -0.1) is 0 Å². The summed E-state index contributed by atoms with van der Waals surface area (Å²) in [6.45, 7) is 5.07. The van der Waals surface area contributed by atoms with Crippen molar-refractivity contribution in [1.82, 2.24) is 4.98 Å². The van der Waals surface area contributed by atoms with Gasteiger partial charge in [0.25, 0.3) is 0 Å². The number of nitrogens with two attached hydrogens (primary N) is 1. The third-order valence-corrected chi connectivity index (χ3v) is 6.02. The third-order valence-electron chi connectivity index (χ3n) is 2.06.